The number of hydrogen-bond donors (Lipinski definition) is 1. The molecule has 17 heavy (non-hydrogen) atoms. The molecule has 0 radical (unpaired) electrons. The Morgan fingerprint density at radius 2 is 2.24 bits per heavy atom. The number of aromatic nitrogens is 2. The van der Waals surface area contributed by atoms with Crippen molar-refractivity contribution in [1.82, 2.24) is 20.0 Å². The summed E-state index contributed by atoms with van der Waals surface area (Å²) in [5, 5.41) is 8.81. The molecule has 96 valence electrons. The van der Waals surface area contributed by atoms with E-state index in [0.717, 1.165) is 35.9 Å². The van der Waals surface area contributed by atoms with E-state index in [1.54, 1.807) is 0 Å². The van der Waals surface area contributed by atoms with Gasteiger partial charge in [-0.2, -0.15) is 5.10 Å². The number of hydrogen-bond acceptors (Lipinski definition) is 3. The number of rotatable bonds is 4. The highest BCUT2D eigenvalue weighted by molar-refractivity contribution is 6.31. The van der Waals surface area contributed by atoms with E-state index >= 15 is 0 Å². The van der Waals surface area contributed by atoms with Crippen molar-refractivity contribution in [2.75, 3.05) is 20.1 Å². The zero-order valence-electron chi connectivity index (χ0n) is 10.8. The number of aryl methyl sites for hydroxylation is 2. The van der Waals surface area contributed by atoms with Crippen molar-refractivity contribution in [3.05, 3.63) is 16.4 Å². The van der Waals surface area contributed by atoms with Gasteiger partial charge < -0.3 is 10.2 Å². The van der Waals surface area contributed by atoms with Crippen LogP contribution in [0.1, 0.15) is 24.7 Å². The van der Waals surface area contributed by atoms with Crippen molar-refractivity contribution < 1.29 is 0 Å². The Morgan fingerprint density at radius 1 is 1.47 bits per heavy atom. The summed E-state index contributed by atoms with van der Waals surface area (Å²) in [6.07, 6.45) is 2.10. The fraction of sp³-hybridized carbons (Fsp3) is 0.750. The highest BCUT2D eigenvalue weighted by Crippen LogP contribution is 2.21. The van der Waals surface area contributed by atoms with Crippen LogP contribution in [0.5, 0.6) is 0 Å². The third kappa shape index (κ3) is 2.81. The number of nitrogens with zero attached hydrogens (tertiary/aromatic N) is 3. The molecule has 0 spiro atoms. The summed E-state index contributed by atoms with van der Waals surface area (Å²) in [5.41, 5.74) is 2.09. The first-order chi connectivity index (χ1) is 8.11. The smallest absolute Gasteiger partial charge is 0.0863 e. The number of likely N-dealkylation sites (tertiary alicyclic amines) is 1. The predicted molar refractivity (Wildman–Crippen MR) is 70.3 cm³/mol. The SMILES string of the molecule is CCc1nn(C)c(CNC2CCN(C)C2)c1Cl. The summed E-state index contributed by atoms with van der Waals surface area (Å²) < 4.78 is 1.90. The normalized spacial score (nSPS) is 21.3. The van der Waals surface area contributed by atoms with Crippen LogP contribution in [-0.2, 0) is 20.0 Å². The summed E-state index contributed by atoms with van der Waals surface area (Å²) in [6.45, 7) is 5.19. The molecule has 5 heteroatoms. The molecular weight excluding hydrogens is 236 g/mol. The van der Waals surface area contributed by atoms with Gasteiger partial charge in [0.25, 0.3) is 0 Å². The van der Waals surface area contributed by atoms with Crippen LogP contribution in [0.3, 0.4) is 0 Å². The number of halogens is 1. The molecule has 1 atom stereocenters. The predicted octanol–water partition coefficient (Wildman–Crippen LogP) is 1.43. The van der Waals surface area contributed by atoms with E-state index in [1.165, 1.54) is 13.0 Å². The van der Waals surface area contributed by atoms with Crippen molar-refractivity contribution in [1.29, 1.82) is 0 Å². The van der Waals surface area contributed by atoms with Crippen molar-refractivity contribution in [3.63, 3.8) is 0 Å². The van der Waals surface area contributed by atoms with Gasteiger partial charge in [0, 0.05) is 26.2 Å². The number of nitrogens with one attached hydrogen (secondary N) is 1. The minimum atomic E-state index is 0.580. The molecule has 0 aliphatic carbocycles. The first kappa shape index (κ1) is 12.9. The third-order valence-electron chi connectivity index (χ3n) is 3.45. The lowest BCUT2D eigenvalue weighted by atomic mass is 10.2. The molecule has 0 saturated carbocycles. The van der Waals surface area contributed by atoms with Crippen LogP contribution in [0.25, 0.3) is 0 Å². The van der Waals surface area contributed by atoms with Crippen LogP contribution in [-0.4, -0.2) is 40.9 Å². The first-order valence-electron chi connectivity index (χ1n) is 6.24. The molecule has 1 aromatic heterocycles. The standard InChI is InChI=1S/C12H21ClN4/c1-4-10-12(13)11(17(3)15-10)7-14-9-5-6-16(2)8-9/h9,14H,4-8H2,1-3H3. The minimum absolute atomic E-state index is 0.580. The molecule has 4 nitrogen and oxygen atoms in total. The van der Waals surface area contributed by atoms with Gasteiger partial charge in [-0.3, -0.25) is 4.68 Å². The third-order valence-corrected chi connectivity index (χ3v) is 3.89. The summed E-state index contributed by atoms with van der Waals surface area (Å²) in [6, 6.07) is 0.580. The Kier molecular flexibility index (Phi) is 4.07. The van der Waals surface area contributed by atoms with Gasteiger partial charge in [-0.05, 0) is 26.4 Å². The molecule has 2 heterocycles. The Bertz CT molecular complexity index is 388. The Hall–Kier alpha value is -0.580. The van der Waals surface area contributed by atoms with Crippen LogP contribution in [0.4, 0.5) is 0 Å². The van der Waals surface area contributed by atoms with E-state index in [-0.39, 0.29) is 0 Å². The van der Waals surface area contributed by atoms with E-state index in [2.05, 4.69) is 29.3 Å². The van der Waals surface area contributed by atoms with E-state index in [4.69, 9.17) is 11.6 Å². The second kappa shape index (κ2) is 5.38. The summed E-state index contributed by atoms with van der Waals surface area (Å²) in [4.78, 5) is 2.35. The van der Waals surface area contributed by atoms with Crippen LogP contribution >= 0.6 is 11.6 Å². The monoisotopic (exact) mass is 256 g/mol. The molecule has 1 aliphatic rings. The second-order valence-electron chi connectivity index (χ2n) is 4.81. The zero-order valence-corrected chi connectivity index (χ0v) is 11.6. The summed E-state index contributed by atoms with van der Waals surface area (Å²) in [5.74, 6) is 0. The van der Waals surface area contributed by atoms with Crippen molar-refractivity contribution >= 4 is 11.6 Å². The minimum Gasteiger partial charge on any atom is -0.307 e. The van der Waals surface area contributed by atoms with Crippen LogP contribution in [0.15, 0.2) is 0 Å². The highest BCUT2D eigenvalue weighted by Gasteiger charge is 2.20. The molecule has 1 aromatic rings. The number of likely N-dealkylation sites (N-methyl/N-ethyl adjacent to an activating group) is 1. The van der Waals surface area contributed by atoms with Gasteiger partial charge in [0.15, 0.2) is 0 Å². The van der Waals surface area contributed by atoms with Gasteiger partial charge in [0.1, 0.15) is 0 Å². The largest absolute Gasteiger partial charge is 0.307 e. The second-order valence-corrected chi connectivity index (χ2v) is 5.19. The fourth-order valence-corrected chi connectivity index (χ4v) is 2.72. The molecule has 1 unspecified atom stereocenters. The summed E-state index contributed by atoms with van der Waals surface area (Å²) in [7, 11) is 4.12. The molecule has 0 aromatic carbocycles. The van der Waals surface area contributed by atoms with Crippen molar-refractivity contribution in [2.45, 2.75) is 32.4 Å². The van der Waals surface area contributed by atoms with Gasteiger partial charge in [-0.15, -0.1) is 0 Å². The molecule has 2 rings (SSSR count). The van der Waals surface area contributed by atoms with Crippen molar-refractivity contribution in [3.8, 4) is 0 Å². The molecule has 1 saturated heterocycles. The average Bonchev–Trinajstić information content (AvgIpc) is 2.82. The Labute approximate surface area is 108 Å². The van der Waals surface area contributed by atoms with Crippen molar-refractivity contribution in [2.24, 2.45) is 7.05 Å². The molecule has 0 bridgehead atoms. The van der Waals surface area contributed by atoms with Crippen LogP contribution in [0.2, 0.25) is 5.02 Å². The average molecular weight is 257 g/mol. The van der Waals surface area contributed by atoms with Gasteiger partial charge >= 0.3 is 0 Å². The maximum absolute atomic E-state index is 6.31. The molecular formula is C12H21ClN4. The Morgan fingerprint density at radius 3 is 2.76 bits per heavy atom. The van der Waals surface area contributed by atoms with E-state index in [1.807, 2.05) is 11.7 Å². The van der Waals surface area contributed by atoms with Gasteiger partial charge in [-0.25, -0.2) is 0 Å². The fourth-order valence-electron chi connectivity index (χ4n) is 2.35. The maximum Gasteiger partial charge on any atom is 0.0863 e. The summed E-state index contributed by atoms with van der Waals surface area (Å²) >= 11 is 6.31. The lowest BCUT2D eigenvalue weighted by Gasteiger charge is -2.13. The molecule has 1 N–H and O–H groups in total. The van der Waals surface area contributed by atoms with E-state index < -0.39 is 0 Å². The van der Waals surface area contributed by atoms with E-state index in [9.17, 15) is 0 Å². The van der Waals surface area contributed by atoms with E-state index in [0.29, 0.717) is 6.04 Å². The van der Waals surface area contributed by atoms with Gasteiger partial charge in [0.05, 0.1) is 16.4 Å². The molecule has 1 aliphatic heterocycles. The Balaban J connectivity index is 1.97. The molecule has 1 fully saturated rings. The zero-order chi connectivity index (χ0) is 12.4. The lowest BCUT2D eigenvalue weighted by molar-refractivity contribution is 0.396. The quantitative estimate of drug-likeness (QED) is 0.885. The maximum atomic E-state index is 6.31. The topological polar surface area (TPSA) is 33.1 Å². The van der Waals surface area contributed by atoms with Crippen LogP contribution < -0.4 is 5.32 Å². The first-order valence-corrected chi connectivity index (χ1v) is 6.61. The molecule has 0 amide bonds. The van der Waals surface area contributed by atoms with Gasteiger partial charge in [0.2, 0.25) is 0 Å². The van der Waals surface area contributed by atoms with Crippen LogP contribution in [0, 0.1) is 0 Å². The highest BCUT2D eigenvalue weighted by atomic mass is 35.5. The van der Waals surface area contributed by atoms with Gasteiger partial charge in [-0.1, -0.05) is 18.5 Å². The lowest BCUT2D eigenvalue weighted by Crippen LogP contribution is -2.31.